The van der Waals surface area contributed by atoms with Crippen molar-refractivity contribution in [2.75, 3.05) is 6.54 Å². The molecule has 4 heterocycles. The van der Waals surface area contributed by atoms with Crippen molar-refractivity contribution in [3.8, 4) is 0 Å². The molecule has 0 aliphatic carbocycles. The third kappa shape index (κ3) is 2.52. The minimum Gasteiger partial charge on any atom is -0.304 e. The number of pyridine rings is 1. The van der Waals surface area contributed by atoms with Gasteiger partial charge >= 0.3 is 0 Å². The Kier molecular flexibility index (Phi) is 3.42. The van der Waals surface area contributed by atoms with Gasteiger partial charge in [0.25, 0.3) is 0 Å². The van der Waals surface area contributed by atoms with Gasteiger partial charge in [0.15, 0.2) is 0 Å². The van der Waals surface area contributed by atoms with Gasteiger partial charge in [-0.1, -0.05) is 6.07 Å². The molecule has 0 N–H and O–H groups in total. The third-order valence-corrected chi connectivity index (χ3v) is 4.57. The molecule has 1 aliphatic rings. The highest BCUT2D eigenvalue weighted by Gasteiger charge is 2.25. The fraction of sp³-hybridized carbons (Fsp3) is 0.412. The van der Waals surface area contributed by atoms with E-state index in [9.17, 15) is 0 Å². The van der Waals surface area contributed by atoms with Crippen molar-refractivity contribution in [3.63, 3.8) is 0 Å². The molecule has 0 spiro atoms. The van der Waals surface area contributed by atoms with Crippen LogP contribution in [-0.2, 0) is 13.1 Å². The van der Waals surface area contributed by atoms with Crippen LogP contribution in [0, 0.1) is 6.92 Å². The first-order valence-electron chi connectivity index (χ1n) is 7.95. The number of nitrogens with zero attached hydrogens (tertiary/aromatic N) is 5. The normalized spacial score (nSPS) is 19.2. The van der Waals surface area contributed by atoms with Crippen LogP contribution in [0.25, 0.3) is 5.65 Å². The van der Waals surface area contributed by atoms with Crippen molar-refractivity contribution in [1.82, 2.24) is 24.1 Å². The summed E-state index contributed by atoms with van der Waals surface area (Å²) in [6, 6.07) is 8.81. The molecule has 0 radical (unpaired) electrons. The standard InChI is InChI=1S/C17H21N5/c1-14-5-2-7-17-19-15(12-22(14)17)11-20-9-3-6-16(20)13-21-10-4-8-18-21/h2,4-5,7-8,10,12,16H,3,6,9,11,13H2,1H3/t16-/m0/s1. The van der Waals surface area contributed by atoms with E-state index >= 15 is 0 Å². The first-order chi connectivity index (χ1) is 10.8. The van der Waals surface area contributed by atoms with Crippen LogP contribution in [0.5, 0.6) is 0 Å². The number of hydrogen-bond donors (Lipinski definition) is 0. The molecular weight excluding hydrogens is 274 g/mol. The molecule has 0 saturated carbocycles. The maximum Gasteiger partial charge on any atom is 0.137 e. The van der Waals surface area contributed by atoms with Crippen LogP contribution in [0.4, 0.5) is 0 Å². The number of aryl methyl sites for hydroxylation is 1. The molecule has 1 fully saturated rings. The molecule has 0 unspecified atom stereocenters. The molecule has 1 saturated heterocycles. The lowest BCUT2D eigenvalue weighted by Crippen LogP contribution is -2.32. The summed E-state index contributed by atoms with van der Waals surface area (Å²) in [7, 11) is 0. The van der Waals surface area contributed by atoms with Crippen molar-refractivity contribution in [2.24, 2.45) is 0 Å². The average Bonchev–Trinajstić information content (AvgIpc) is 3.22. The third-order valence-electron chi connectivity index (χ3n) is 4.57. The first-order valence-corrected chi connectivity index (χ1v) is 7.95. The Morgan fingerprint density at radius 2 is 2.23 bits per heavy atom. The molecule has 22 heavy (non-hydrogen) atoms. The Hall–Kier alpha value is -2.14. The van der Waals surface area contributed by atoms with Crippen molar-refractivity contribution in [2.45, 2.75) is 38.9 Å². The lowest BCUT2D eigenvalue weighted by molar-refractivity contribution is 0.217. The topological polar surface area (TPSA) is 38.4 Å². The summed E-state index contributed by atoms with van der Waals surface area (Å²) in [6.07, 6.45) is 8.58. The maximum absolute atomic E-state index is 4.77. The molecule has 114 valence electrons. The summed E-state index contributed by atoms with van der Waals surface area (Å²) < 4.78 is 4.21. The Morgan fingerprint density at radius 3 is 3.05 bits per heavy atom. The smallest absolute Gasteiger partial charge is 0.137 e. The molecule has 3 aromatic heterocycles. The molecule has 5 heteroatoms. The van der Waals surface area contributed by atoms with Gasteiger partial charge in [0, 0.05) is 36.9 Å². The van der Waals surface area contributed by atoms with E-state index in [4.69, 9.17) is 4.98 Å². The molecule has 1 atom stereocenters. The van der Waals surface area contributed by atoms with E-state index in [1.807, 2.05) is 23.1 Å². The molecule has 0 aromatic carbocycles. The molecule has 0 bridgehead atoms. The highest BCUT2D eigenvalue weighted by atomic mass is 15.3. The van der Waals surface area contributed by atoms with Gasteiger partial charge in [-0.15, -0.1) is 0 Å². The molecule has 1 aliphatic heterocycles. The molecule has 0 amide bonds. The summed E-state index contributed by atoms with van der Waals surface area (Å²) in [5.41, 5.74) is 3.42. The maximum atomic E-state index is 4.77. The molecule has 5 nitrogen and oxygen atoms in total. The Bertz CT molecular complexity index is 759. The van der Waals surface area contributed by atoms with Gasteiger partial charge in [-0.25, -0.2) is 4.98 Å². The van der Waals surface area contributed by atoms with E-state index in [1.54, 1.807) is 0 Å². The number of aromatic nitrogens is 4. The van der Waals surface area contributed by atoms with Crippen LogP contribution in [0.15, 0.2) is 42.9 Å². The largest absolute Gasteiger partial charge is 0.304 e. The summed E-state index contributed by atoms with van der Waals surface area (Å²) in [5, 5.41) is 4.34. The van der Waals surface area contributed by atoms with Crippen LogP contribution in [0.3, 0.4) is 0 Å². The van der Waals surface area contributed by atoms with Crippen LogP contribution in [-0.4, -0.2) is 36.7 Å². The van der Waals surface area contributed by atoms with Crippen LogP contribution >= 0.6 is 0 Å². The monoisotopic (exact) mass is 295 g/mol. The van der Waals surface area contributed by atoms with Gasteiger partial charge in [-0.2, -0.15) is 5.10 Å². The molecule has 4 rings (SSSR count). The van der Waals surface area contributed by atoms with Crippen LogP contribution in [0.1, 0.15) is 24.2 Å². The van der Waals surface area contributed by atoms with E-state index in [-0.39, 0.29) is 0 Å². The van der Waals surface area contributed by atoms with Crippen LogP contribution < -0.4 is 0 Å². The fourth-order valence-corrected chi connectivity index (χ4v) is 3.42. The van der Waals surface area contributed by atoms with Crippen molar-refractivity contribution in [1.29, 1.82) is 0 Å². The zero-order chi connectivity index (χ0) is 14.9. The van der Waals surface area contributed by atoms with E-state index in [1.165, 1.54) is 18.5 Å². The van der Waals surface area contributed by atoms with Gasteiger partial charge in [-0.05, 0) is 44.5 Å². The summed E-state index contributed by atoms with van der Waals surface area (Å²) in [6.45, 7) is 5.17. The number of hydrogen-bond acceptors (Lipinski definition) is 3. The zero-order valence-electron chi connectivity index (χ0n) is 12.9. The van der Waals surface area contributed by atoms with Crippen molar-refractivity contribution < 1.29 is 0 Å². The minimum atomic E-state index is 0.561. The number of imidazole rings is 1. The van der Waals surface area contributed by atoms with Gasteiger partial charge in [0.1, 0.15) is 5.65 Å². The van der Waals surface area contributed by atoms with Gasteiger partial charge in [0.05, 0.1) is 12.2 Å². The molecular formula is C17H21N5. The van der Waals surface area contributed by atoms with Gasteiger partial charge in [-0.3, -0.25) is 9.58 Å². The second kappa shape index (κ2) is 5.57. The second-order valence-corrected chi connectivity index (χ2v) is 6.12. The van der Waals surface area contributed by atoms with Crippen molar-refractivity contribution in [3.05, 3.63) is 54.2 Å². The SMILES string of the molecule is Cc1cccc2nc(CN3CCC[C@H]3Cn3cccn3)cn12. The second-order valence-electron chi connectivity index (χ2n) is 6.12. The van der Waals surface area contributed by atoms with Crippen LogP contribution in [0.2, 0.25) is 0 Å². The Labute approximate surface area is 130 Å². The summed E-state index contributed by atoms with van der Waals surface area (Å²) in [5.74, 6) is 0. The van der Waals surface area contributed by atoms with E-state index in [0.717, 1.165) is 31.0 Å². The fourth-order valence-electron chi connectivity index (χ4n) is 3.42. The highest BCUT2D eigenvalue weighted by Crippen LogP contribution is 2.21. The predicted octanol–water partition coefficient (Wildman–Crippen LogP) is 2.50. The van der Waals surface area contributed by atoms with Crippen molar-refractivity contribution >= 4 is 5.65 Å². The zero-order valence-corrected chi connectivity index (χ0v) is 12.9. The minimum absolute atomic E-state index is 0.561. The number of fused-ring (bicyclic) bond motifs is 1. The van der Waals surface area contributed by atoms with E-state index < -0.39 is 0 Å². The van der Waals surface area contributed by atoms with E-state index in [2.05, 4.69) is 45.7 Å². The number of likely N-dealkylation sites (tertiary alicyclic amines) is 1. The average molecular weight is 295 g/mol. The summed E-state index contributed by atoms with van der Waals surface area (Å²) in [4.78, 5) is 7.31. The lowest BCUT2D eigenvalue weighted by atomic mass is 10.2. The quantitative estimate of drug-likeness (QED) is 0.742. The summed E-state index contributed by atoms with van der Waals surface area (Å²) >= 11 is 0. The Balaban J connectivity index is 1.52. The first kappa shape index (κ1) is 13.5. The number of rotatable bonds is 4. The lowest BCUT2D eigenvalue weighted by Gasteiger charge is -2.23. The molecule has 3 aromatic rings. The predicted molar refractivity (Wildman–Crippen MR) is 85.6 cm³/mol. The van der Waals surface area contributed by atoms with E-state index in [0.29, 0.717) is 6.04 Å². The Morgan fingerprint density at radius 1 is 1.27 bits per heavy atom. The highest BCUT2D eigenvalue weighted by molar-refractivity contribution is 5.41. The van der Waals surface area contributed by atoms with Gasteiger partial charge < -0.3 is 4.40 Å². The van der Waals surface area contributed by atoms with Gasteiger partial charge in [0.2, 0.25) is 0 Å².